The molecule has 5 nitrogen and oxygen atoms in total. The van der Waals surface area contributed by atoms with Crippen LogP contribution in [0.1, 0.15) is 24.0 Å². The predicted octanol–water partition coefficient (Wildman–Crippen LogP) is 4.56. The smallest absolute Gasteiger partial charge is 0.254 e. The van der Waals surface area contributed by atoms with E-state index >= 15 is 0 Å². The van der Waals surface area contributed by atoms with Crippen molar-refractivity contribution < 1.29 is 14.3 Å². The Morgan fingerprint density at radius 3 is 2.10 bits per heavy atom. The molecule has 0 unspecified atom stereocenters. The summed E-state index contributed by atoms with van der Waals surface area (Å²) in [7, 11) is 0. The first kappa shape index (κ1) is 19.2. The Bertz CT molecular complexity index is 997. The highest BCUT2D eigenvalue weighted by atomic mass is 79.9. The number of hydrogen-bond donors (Lipinski definition) is 0. The SMILES string of the molecule is O=C1[C@@H]2[C@@H](C(=O)N1/N=C\c1ccc(OCc3ccc(Br)cc3)cc1)[C@@H]1C=C[C@@H]2CC1. The van der Waals surface area contributed by atoms with Gasteiger partial charge in [-0.25, -0.2) is 0 Å². The van der Waals surface area contributed by atoms with Crippen molar-refractivity contribution in [1.82, 2.24) is 5.01 Å². The van der Waals surface area contributed by atoms with Gasteiger partial charge in [0.05, 0.1) is 18.1 Å². The minimum Gasteiger partial charge on any atom is -0.489 e. The van der Waals surface area contributed by atoms with E-state index in [1.807, 2.05) is 48.5 Å². The van der Waals surface area contributed by atoms with Crippen LogP contribution >= 0.6 is 15.9 Å². The summed E-state index contributed by atoms with van der Waals surface area (Å²) in [6.07, 6.45) is 7.77. The summed E-state index contributed by atoms with van der Waals surface area (Å²) in [6.45, 7) is 0.483. The lowest BCUT2D eigenvalue weighted by atomic mass is 9.63. The lowest BCUT2D eigenvalue weighted by Crippen LogP contribution is -2.38. The van der Waals surface area contributed by atoms with Gasteiger partial charge in [-0.3, -0.25) is 9.59 Å². The maximum atomic E-state index is 12.8. The van der Waals surface area contributed by atoms with Crippen LogP contribution in [0, 0.1) is 23.7 Å². The van der Waals surface area contributed by atoms with Crippen LogP contribution in [0.25, 0.3) is 0 Å². The molecule has 2 fully saturated rings. The molecule has 0 spiro atoms. The molecule has 6 rings (SSSR count). The summed E-state index contributed by atoms with van der Waals surface area (Å²) in [5, 5.41) is 5.33. The molecule has 30 heavy (non-hydrogen) atoms. The van der Waals surface area contributed by atoms with Crippen molar-refractivity contribution in [2.75, 3.05) is 0 Å². The zero-order valence-electron chi connectivity index (χ0n) is 16.3. The topological polar surface area (TPSA) is 59.0 Å². The van der Waals surface area contributed by atoms with E-state index in [1.165, 1.54) is 0 Å². The first-order valence-electron chi connectivity index (χ1n) is 10.2. The fourth-order valence-corrected chi connectivity index (χ4v) is 4.96. The number of carbonyl (C=O) groups excluding carboxylic acids is 2. The molecular weight excluding hydrogens is 444 g/mol. The number of halogens is 1. The average molecular weight is 465 g/mol. The van der Waals surface area contributed by atoms with Crippen molar-refractivity contribution in [1.29, 1.82) is 0 Å². The number of hydrogen-bond acceptors (Lipinski definition) is 4. The van der Waals surface area contributed by atoms with E-state index < -0.39 is 0 Å². The van der Waals surface area contributed by atoms with Crippen LogP contribution in [0.15, 0.2) is 70.3 Å². The van der Waals surface area contributed by atoms with Gasteiger partial charge < -0.3 is 4.74 Å². The van der Waals surface area contributed by atoms with Crippen LogP contribution in [-0.2, 0) is 16.2 Å². The number of hydrazone groups is 1. The highest BCUT2D eigenvalue weighted by Crippen LogP contribution is 2.49. The lowest BCUT2D eigenvalue weighted by molar-refractivity contribution is -0.140. The van der Waals surface area contributed by atoms with Crippen LogP contribution in [0.3, 0.4) is 0 Å². The zero-order valence-corrected chi connectivity index (χ0v) is 17.9. The molecule has 1 saturated carbocycles. The monoisotopic (exact) mass is 464 g/mol. The highest BCUT2D eigenvalue weighted by Gasteiger charge is 2.56. The van der Waals surface area contributed by atoms with Gasteiger partial charge >= 0.3 is 0 Å². The first-order valence-corrected chi connectivity index (χ1v) is 11.0. The first-order chi connectivity index (χ1) is 14.6. The van der Waals surface area contributed by atoms with E-state index in [0.29, 0.717) is 6.61 Å². The van der Waals surface area contributed by atoms with Crippen LogP contribution < -0.4 is 4.74 Å². The Morgan fingerprint density at radius 2 is 1.53 bits per heavy atom. The predicted molar refractivity (Wildman–Crippen MR) is 117 cm³/mol. The van der Waals surface area contributed by atoms with Gasteiger partial charge in [-0.15, -0.1) is 0 Å². The number of rotatable bonds is 5. The van der Waals surface area contributed by atoms with E-state index in [2.05, 4.69) is 33.2 Å². The molecule has 1 heterocycles. The molecule has 0 aromatic heterocycles. The zero-order chi connectivity index (χ0) is 20.7. The van der Waals surface area contributed by atoms with Crippen molar-refractivity contribution in [3.05, 3.63) is 76.3 Å². The Kier molecular flexibility index (Phi) is 5.03. The summed E-state index contributed by atoms with van der Waals surface area (Å²) in [6, 6.07) is 15.4. The summed E-state index contributed by atoms with van der Waals surface area (Å²) in [5.74, 6) is 0.333. The van der Waals surface area contributed by atoms with E-state index in [0.717, 1.165) is 39.2 Å². The van der Waals surface area contributed by atoms with E-state index in [-0.39, 0.29) is 35.5 Å². The molecule has 2 bridgehead atoms. The summed E-state index contributed by atoms with van der Waals surface area (Å²) in [5.41, 5.74) is 1.89. The Hall–Kier alpha value is -2.73. The molecule has 2 aromatic rings. The summed E-state index contributed by atoms with van der Waals surface area (Å²) >= 11 is 3.42. The summed E-state index contributed by atoms with van der Waals surface area (Å²) in [4.78, 5) is 25.6. The molecule has 4 atom stereocenters. The number of carbonyl (C=O) groups is 2. The second-order valence-electron chi connectivity index (χ2n) is 8.06. The lowest BCUT2D eigenvalue weighted by Gasteiger charge is -2.37. The quantitative estimate of drug-likeness (QED) is 0.370. The van der Waals surface area contributed by atoms with Gasteiger partial charge in [-0.05, 0) is 72.2 Å². The van der Waals surface area contributed by atoms with Crippen LogP contribution in [0.4, 0.5) is 0 Å². The largest absolute Gasteiger partial charge is 0.489 e. The summed E-state index contributed by atoms with van der Waals surface area (Å²) < 4.78 is 6.84. The van der Waals surface area contributed by atoms with E-state index in [9.17, 15) is 9.59 Å². The number of benzene rings is 2. The van der Waals surface area contributed by atoms with Gasteiger partial charge in [0.15, 0.2) is 0 Å². The number of imide groups is 1. The Morgan fingerprint density at radius 1 is 0.933 bits per heavy atom. The average Bonchev–Trinajstić information content (AvgIpc) is 3.05. The minimum absolute atomic E-state index is 0.158. The van der Waals surface area contributed by atoms with Crippen molar-refractivity contribution in [2.24, 2.45) is 28.8 Å². The van der Waals surface area contributed by atoms with E-state index in [4.69, 9.17) is 4.74 Å². The normalized spacial score (nSPS) is 27.2. The molecular formula is C24H21BrN2O3. The minimum atomic E-state index is -0.229. The molecule has 3 aliphatic carbocycles. The highest BCUT2D eigenvalue weighted by molar-refractivity contribution is 9.10. The molecule has 0 radical (unpaired) electrons. The molecule has 2 amide bonds. The fraction of sp³-hybridized carbons (Fsp3) is 0.292. The van der Waals surface area contributed by atoms with Gasteiger partial charge in [-0.1, -0.05) is 40.2 Å². The second kappa shape index (κ2) is 7.84. The van der Waals surface area contributed by atoms with Gasteiger partial charge in [0, 0.05) is 4.47 Å². The van der Waals surface area contributed by atoms with Crippen molar-refractivity contribution >= 4 is 34.0 Å². The maximum absolute atomic E-state index is 12.8. The Balaban J connectivity index is 1.23. The van der Waals surface area contributed by atoms with Crippen molar-refractivity contribution in [3.63, 3.8) is 0 Å². The third-order valence-electron chi connectivity index (χ3n) is 6.26. The molecule has 2 aromatic carbocycles. The van der Waals surface area contributed by atoms with Crippen molar-refractivity contribution in [2.45, 2.75) is 19.4 Å². The standard InChI is InChI=1S/C24H21BrN2O3/c25-19-9-1-16(2-10-19)14-30-20-11-3-15(4-12-20)13-26-27-23(28)21-17-5-6-18(8-7-17)22(21)24(27)29/h1-6,9-13,17-18,21-22H,7-8,14H2/b26-13-/t17-,18-,21+,22+/m1/s1. The van der Waals surface area contributed by atoms with E-state index in [1.54, 1.807) is 6.21 Å². The second-order valence-corrected chi connectivity index (χ2v) is 8.97. The molecule has 1 aliphatic heterocycles. The van der Waals surface area contributed by atoms with Crippen LogP contribution in [0.2, 0.25) is 0 Å². The fourth-order valence-electron chi connectivity index (χ4n) is 4.69. The van der Waals surface area contributed by atoms with Gasteiger partial charge in [0.25, 0.3) is 11.8 Å². The number of ether oxygens (including phenoxy) is 1. The molecule has 4 aliphatic rings. The number of nitrogens with zero attached hydrogens (tertiary/aromatic N) is 2. The third kappa shape index (κ3) is 3.49. The molecule has 0 N–H and O–H groups in total. The van der Waals surface area contributed by atoms with Crippen molar-refractivity contribution in [3.8, 4) is 5.75 Å². The number of allylic oxidation sites excluding steroid dienone is 2. The van der Waals surface area contributed by atoms with Crippen LogP contribution in [0.5, 0.6) is 5.75 Å². The van der Waals surface area contributed by atoms with Gasteiger partial charge in [0.1, 0.15) is 12.4 Å². The molecule has 1 saturated heterocycles. The van der Waals surface area contributed by atoms with Crippen LogP contribution in [-0.4, -0.2) is 23.0 Å². The van der Waals surface area contributed by atoms with Gasteiger partial charge in [0.2, 0.25) is 0 Å². The number of amides is 2. The molecule has 6 heteroatoms. The molecule has 152 valence electrons. The maximum Gasteiger partial charge on any atom is 0.254 e. The third-order valence-corrected chi connectivity index (χ3v) is 6.79. The number of fused-ring (bicyclic) bond motifs is 1. The van der Waals surface area contributed by atoms with Gasteiger partial charge in [-0.2, -0.15) is 10.1 Å². The Labute approximate surface area is 183 Å².